The van der Waals surface area contributed by atoms with E-state index in [1.165, 1.54) is 10.6 Å². The molecule has 0 saturated carbocycles. The number of piperazine rings is 1. The first-order valence-corrected chi connectivity index (χ1v) is 8.21. The van der Waals surface area contributed by atoms with E-state index in [-0.39, 0.29) is 11.8 Å². The highest BCUT2D eigenvalue weighted by Crippen LogP contribution is 2.23. The molecular weight excluding hydrogens is 302 g/mol. The smallest absolute Gasteiger partial charge is 0.262 e. The van der Waals surface area contributed by atoms with Crippen LogP contribution in [-0.4, -0.2) is 54.5 Å². The summed E-state index contributed by atoms with van der Waals surface area (Å²) < 4.78 is 0. The second-order valence-electron chi connectivity index (χ2n) is 6.17. The van der Waals surface area contributed by atoms with Gasteiger partial charge in [0.15, 0.2) is 0 Å². The third kappa shape index (κ3) is 2.57. The SMILES string of the molecule is O=C1c2ccccc2C(=O)N1CN1CCN(c2ccccc2)CC1. The Morgan fingerprint density at radius 2 is 1.25 bits per heavy atom. The topological polar surface area (TPSA) is 43.9 Å². The molecule has 24 heavy (non-hydrogen) atoms. The minimum atomic E-state index is -0.180. The second kappa shape index (κ2) is 6.09. The molecule has 0 bridgehead atoms. The van der Waals surface area contributed by atoms with Gasteiger partial charge in [0.05, 0.1) is 17.8 Å². The second-order valence-corrected chi connectivity index (χ2v) is 6.17. The van der Waals surface area contributed by atoms with Crippen LogP contribution in [0, 0.1) is 0 Å². The number of imide groups is 1. The molecule has 0 atom stereocenters. The Kier molecular flexibility index (Phi) is 3.78. The normalized spacial score (nSPS) is 18.2. The lowest BCUT2D eigenvalue weighted by Crippen LogP contribution is -2.51. The van der Waals surface area contributed by atoms with Gasteiger partial charge in [-0.1, -0.05) is 30.3 Å². The standard InChI is InChI=1S/C19H19N3O2/c23-18-16-8-4-5-9-17(16)19(24)22(18)14-20-10-12-21(13-11-20)15-6-2-1-3-7-15/h1-9H,10-14H2. The third-order valence-corrected chi connectivity index (χ3v) is 4.71. The van der Waals surface area contributed by atoms with E-state index in [9.17, 15) is 9.59 Å². The van der Waals surface area contributed by atoms with E-state index in [0.717, 1.165) is 26.2 Å². The molecule has 2 aromatic rings. The van der Waals surface area contributed by atoms with Gasteiger partial charge in [0.1, 0.15) is 0 Å². The van der Waals surface area contributed by atoms with Crippen LogP contribution in [0.1, 0.15) is 20.7 Å². The molecule has 2 aromatic carbocycles. The summed E-state index contributed by atoms with van der Waals surface area (Å²) >= 11 is 0. The zero-order chi connectivity index (χ0) is 16.5. The van der Waals surface area contributed by atoms with Gasteiger partial charge < -0.3 is 4.90 Å². The van der Waals surface area contributed by atoms with E-state index in [0.29, 0.717) is 17.8 Å². The van der Waals surface area contributed by atoms with Crippen molar-refractivity contribution in [3.8, 4) is 0 Å². The molecule has 4 rings (SSSR count). The fourth-order valence-corrected chi connectivity index (χ4v) is 3.35. The molecule has 0 spiro atoms. The predicted molar refractivity (Wildman–Crippen MR) is 92.0 cm³/mol. The van der Waals surface area contributed by atoms with Crippen LogP contribution in [0.15, 0.2) is 54.6 Å². The highest BCUT2D eigenvalue weighted by molar-refractivity contribution is 6.21. The van der Waals surface area contributed by atoms with Gasteiger partial charge in [-0.2, -0.15) is 0 Å². The van der Waals surface area contributed by atoms with Gasteiger partial charge in [0.2, 0.25) is 0 Å². The van der Waals surface area contributed by atoms with Crippen LogP contribution < -0.4 is 4.90 Å². The Morgan fingerprint density at radius 3 is 1.83 bits per heavy atom. The molecule has 5 nitrogen and oxygen atoms in total. The molecule has 0 N–H and O–H groups in total. The largest absolute Gasteiger partial charge is 0.369 e. The minimum absolute atomic E-state index is 0.180. The maximum absolute atomic E-state index is 12.4. The number of carbonyl (C=O) groups is 2. The van der Waals surface area contributed by atoms with Crippen molar-refractivity contribution >= 4 is 17.5 Å². The zero-order valence-electron chi connectivity index (χ0n) is 13.4. The van der Waals surface area contributed by atoms with Crippen molar-refractivity contribution < 1.29 is 9.59 Å². The van der Waals surface area contributed by atoms with Crippen LogP contribution in [0.3, 0.4) is 0 Å². The Balaban J connectivity index is 1.40. The number of hydrogen-bond acceptors (Lipinski definition) is 4. The van der Waals surface area contributed by atoms with Gasteiger partial charge in [-0.05, 0) is 24.3 Å². The monoisotopic (exact) mass is 321 g/mol. The van der Waals surface area contributed by atoms with Crippen LogP contribution in [0.4, 0.5) is 5.69 Å². The van der Waals surface area contributed by atoms with Gasteiger partial charge in [-0.15, -0.1) is 0 Å². The third-order valence-electron chi connectivity index (χ3n) is 4.71. The highest BCUT2D eigenvalue weighted by Gasteiger charge is 2.36. The van der Waals surface area contributed by atoms with Crippen molar-refractivity contribution in [1.29, 1.82) is 0 Å². The van der Waals surface area contributed by atoms with Gasteiger partial charge in [0.25, 0.3) is 11.8 Å². The zero-order valence-corrected chi connectivity index (χ0v) is 13.4. The Morgan fingerprint density at radius 1 is 0.708 bits per heavy atom. The van der Waals surface area contributed by atoms with Gasteiger partial charge in [-0.25, -0.2) is 0 Å². The van der Waals surface area contributed by atoms with E-state index in [2.05, 4.69) is 21.9 Å². The lowest BCUT2D eigenvalue weighted by atomic mass is 10.1. The molecule has 2 aliphatic rings. The number of rotatable bonds is 3. The van der Waals surface area contributed by atoms with Crippen molar-refractivity contribution in [2.75, 3.05) is 37.7 Å². The molecule has 1 saturated heterocycles. The molecular formula is C19H19N3O2. The van der Waals surface area contributed by atoms with Crippen LogP contribution in [0.25, 0.3) is 0 Å². The van der Waals surface area contributed by atoms with Crippen molar-refractivity contribution in [3.63, 3.8) is 0 Å². The highest BCUT2D eigenvalue weighted by atomic mass is 16.2. The van der Waals surface area contributed by atoms with Gasteiger partial charge in [0, 0.05) is 31.9 Å². The van der Waals surface area contributed by atoms with Crippen molar-refractivity contribution in [1.82, 2.24) is 9.80 Å². The van der Waals surface area contributed by atoms with Crippen LogP contribution in [0.2, 0.25) is 0 Å². The fourth-order valence-electron chi connectivity index (χ4n) is 3.35. The molecule has 0 aromatic heterocycles. The van der Waals surface area contributed by atoms with Crippen LogP contribution >= 0.6 is 0 Å². The molecule has 0 aliphatic carbocycles. The van der Waals surface area contributed by atoms with Gasteiger partial charge in [-0.3, -0.25) is 19.4 Å². The van der Waals surface area contributed by atoms with Gasteiger partial charge >= 0.3 is 0 Å². The minimum Gasteiger partial charge on any atom is -0.369 e. The Labute approximate surface area is 141 Å². The van der Waals surface area contributed by atoms with Crippen LogP contribution in [-0.2, 0) is 0 Å². The quantitative estimate of drug-likeness (QED) is 0.812. The summed E-state index contributed by atoms with van der Waals surface area (Å²) in [6, 6.07) is 17.4. The summed E-state index contributed by atoms with van der Waals surface area (Å²) in [5.41, 5.74) is 2.26. The molecule has 1 fully saturated rings. The number of hydrogen-bond donors (Lipinski definition) is 0. The number of anilines is 1. The first kappa shape index (κ1) is 14.9. The maximum atomic E-state index is 12.4. The molecule has 2 aliphatic heterocycles. The molecule has 122 valence electrons. The first-order valence-electron chi connectivity index (χ1n) is 8.21. The number of fused-ring (bicyclic) bond motifs is 1. The van der Waals surface area contributed by atoms with E-state index >= 15 is 0 Å². The average Bonchev–Trinajstić information content (AvgIpc) is 2.88. The summed E-state index contributed by atoms with van der Waals surface area (Å²) in [5, 5.41) is 0. The molecule has 2 heterocycles. The molecule has 2 amide bonds. The first-order chi connectivity index (χ1) is 11.7. The number of amides is 2. The van der Waals surface area contributed by atoms with Crippen molar-refractivity contribution in [2.24, 2.45) is 0 Å². The lowest BCUT2D eigenvalue weighted by molar-refractivity contribution is 0.0535. The molecule has 0 unspecified atom stereocenters. The number of carbonyl (C=O) groups excluding carboxylic acids is 2. The lowest BCUT2D eigenvalue weighted by Gasteiger charge is -2.37. The summed E-state index contributed by atoms with van der Waals surface area (Å²) in [6.07, 6.45) is 0. The summed E-state index contributed by atoms with van der Waals surface area (Å²) in [4.78, 5) is 30.7. The van der Waals surface area contributed by atoms with Crippen molar-refractivity contribution in [2.45, 2.75) is 0 Å². The van der Waals surface area contributed by atoms with E-state index in [1.807, 2.05) is 18.2 Å². The number of benzene rings is 2. The summed E-state index contributed by atoms with van der Waals surface area (Å²) in [6.45, 7) is 3.83. The Bertz CT molecular complexity index is 732. The van der Waals surface area contributed by atoms with E-state index in [4.69, 9.17) is 0 Å². The number of para-hydroxylation sites is 1. The predicted octanol–water partition coefficient (Wildman–Crippen LogP) is 2.06. The number of nitrogens with zero attached hydrogens (tertiary/aromatic N) is 3. The van der Waals surface area contributed by atoms with Crippen molar-refractivity contribution in [3.05, 3.63) is 65.7 Å². The Hall–Kier alpha value is -2.66. The summed E-state index contributed by atoms with van der Waals surface area (Å²) in [5.74, 6) is -0.359. The van der Waals surface area contributed by atoms with E-state index in [1.54, 1.807) is 24.3 Å². The van der Waals surface area contributed by atoms with E-state index < -0.39 is 0 Å². The average molecular weight is 321 g/mol. The molecule has 5 heteroatoms. The fraction of sp³-hybridized carbons (Fsp3) is 0.263. The molecule has 0 radical (unpaired) electrons. The maximum Gasteiger partial charge on any atom is 0.262 e. The summed E-state index contributed by atoms with van der Waals surface area (Å²) in [7, 11) is 0. The van der Waals surface area contributed by atoms with Crippen LogP contribution in [0.5, 0.6) is 0 Å².